The number of hydrogen-bond donors (Lipinski definition) is 0. The fraction of sp³-hybridized carbons (Fsp3) is 0.480. The highest BCUT2D eigenvalue weighted by atomic mass is 35.5. The molecule has 182 valence electrons. The van der Waals surface area contributed by atoms with Crippen LogP contribution >= 0.6 is 11.6 Å². The molecule has 0 unspecified atom stereocenters. The molecule has 2 aromatic rings. The number of carbonyl (C=O) groups excluding carboxylic acids is 2. The van der Waals surface area contributed by atoms with Gasteiger partial charge in [0.2, 0.25) is 0 Å². The van der Waals surface area contributed by atoms with Crippen LogP contribution in [0.25, 0.3) is 11.3 Å². The predicted molar refractivity (Wildman–Crippen MR) is 133 cm³/mol. The summed E-state index contributed by atoms with van der Waals surface area (Å²) in [6.07, 6.45) is 5.56. The summed E-state index contributed by atoms with van der Waals surface area (Å²) < 4.78 is 5.78. The first-order valence-electron chi connectivity index (χ1n) is 11.9. The van der Waals surface area contributed by atoms with Gasteiger partial charge in [-0.1, -0.05) is 24.4 Å². The number of hydrazone groups is 1. The lowest BCUT2D eigenvalue weighted by Crippen LogP contribution is -2.44. The zero-order chi connectivity index (χ0) is 23.9. The Morgan fingerprint density at radius 1 is 0.941 bits per heavy atom. The second-order valence-corrected chi connectivity index (χ2v) is 9.33. The Morgan fingerprint density at radius 3 is 2.38 bits per heavy atom. The maximum Gasteiger partial charge on any atom is 0.347 e. The van der Waals surface area contributed by atoms with E-state index < -0.39 is 0 Å². The highest BCUT2D eigenvalue weighted by Crippen LogP contribution is 2.23. The van der Waals surface area contributed by atoms with Gasteiger partial charge in [0.1, 0.15) is 18.1 Å². The standard InChI is InChI=1S/C25H32ClN5O3/c1-28-14-16-29(17-15-28)12-4-2-3-5-13-30-24(32)19-31(25(30)33)27-18-22-10-11-23(34-22)20-6-8-21(26)9-7-20/h6-11,18H,2-5,12-17,19H2,1H3. The van der Waals surface area contributed by atoms with Gasteiger partial charge in [-0.3, -0.25) is 9.69 Å². The number of nitrogens with zero attached hydrogens (tertiary/aromatic N) is 5. The molecule has 0 N–H and O–H groups in total. The van der Waals surface area contributed by atoms with Crippen LogP contribution in [0, 0.1) is 0 Å². The summed E-state index contributed by atoms with van der Waals surface area (Å²) in [7, 11) is 2.17. The van der Waals surface area contributed by atoms with Crippen LogP contribution in [0.1, 0.15) is 31.4 Å². The zero-order valence-electron chi connectivity index (χ0n) is 19.7. The molecular weight excluding hydrogens is 454 g/mol. The first-order valence-corrected chi connectivity index (χ1v) is 12.3. The van der Waals surface area contributed by atoms with Crippen molar-refractivity contribution in [1.82, 2.24) is 19.7 Å². The van der Waals surface area contributed by atoms with E-state index >= 15 is 0 Å². The van der Waals surface area contributed by atoms with Gasteiger partial charge in [-0.2, -0.15) is 5.10 Å². The summed E-state index contributed by atoms with van der Waals surface area (Å²) in [6.45, 7) is 6.10. The van der Waals surface area contributed by atoms with E-state index in [-0.39, 0.29) is 18.5 Å². The lowest BCUT2D eigenvalue weighted by molar-refractivity contribution is -0.125. The lowest BCUT2D eigenvalue weighted by Gasteiger charge is -2.32. The second kappa shape index (κ2) is 11.6. The van der Waals surface area contributed by atoms with Crippen molar-refractivity contribution in [1.29, 1.82) is 0 Å². The monoisotopic (exact) mass is 485 g/mol. The van der Waals surface area contributed by atoms with Crippen LogP contribution in [0.5, 0.6) is 0 Å². The summed E-state index contributed by atoms with van der Waals surface area (Å²) in [6, 6.07) is 10.6. The van der Waals surface area contributed by atoms with E-state index in [0.29, 0.717) is 23.1 Å². The Kier molecular flexibility index (Phi) is 8.37. The number of imide groups is 1. The van der Waals surface area contributed by atoms with Gasteiger partial charge in [-0.25, -0.2) is 9.80 Å². The van der Waals surface area contributed by atoms with Gasteiger partial charge in [0.05, 0.1) is 6.21 Å². The minimum absolute atomic E-state index is 0.0382. The smallest absolute Gasteiger partial charge is 0.347 e. The maximum absolute atomic E-state index is 12.6. The number of unbranched alkanes of at least 4 members (excludes halogenated alkanes) is 3. The molecule has 0 aliphatic carbocycles. The van der Waals surface area contributed by atoms with Crippen molar-refractivity contribution in [2.45, 2.75) is 25.7 Å². The second-order valence-electron chi connectivity index (χ2n) is 8.90. The van der Waals surface area contributed by atoms with Gasteiger partial charge >= 0.3 is 6.03 Å². The molecule has 1 aromatic heterocycles. The average molecular weight is 486 g/mol. The SMILES string of the molecule is CN1CCN(CCCCCCN2C(=O)CN(N=Cc3ccc(-c4ccc(Cl)cc4)o3)C2=O)CC1. The number of likely N-dealkylation sites (N-methyl/N-ethyl adjacent to an activating group) is 1. The molecule has 0 bridgehead atoms. The first-order chi connectivity index (χ1) is 16.5. The fourth-order valence-electron chi connectivity index (χ4n) is 4.19. The molecule has 0 saturated carbocycles. The summed E-state index contributed by atoms with van der Waals surface area (Å²) >= 11 is 5.93. The van der Waals surface area contributed by atoms with Crippen LogP contribution in [-0.4, -0.2) is 90.7 Å². The third-order valence-electron chi connectivity index (χ3n) is 6.32. The first kappa shape index (κ1) is 24.4. The van der Waals surface area contributed by atoms with Gasteiger partial charge in [0.25, 0.3) is 5.91 Å². The number of piperazine rings is 1. The van der Waals surface area contributed by atoms with Crippen molar-refractivity contribution in [2.24, 2.45) is 5.10 Å². The van der Waals surface area contributed by atoms with Gasteiger partial charge in [-0.15, -0.1) is 0 Å². The normalized spacial score (nSPS) is 18.1. The number of carbonyl (C=O) groups is 2. The number of furan rings is 1. The molecule has 2 saturated heterocycles. The van der Waals surface area contributed by atoms with Gasteiger partial charge in [0.15, 0.2) is 0 Å². The topological polar surface area (TPSA) is 72.6 Å². The summed E-state index contributed by atoms with van der Waals surface area (Å²) in [4.78, 5) is 31.1. The van der Waals surface area contributed by atoms with E-state index in [4.69, 9.17) is 16.0 Å². The van der Waals surface area contributed by atoms with Crippen molar-refractivity contribution >= 4 is 29.8 Å². The minimum Gasteiger partial charge on any atom is -0.455 e. The molecule has 0 spiro atoms. The fourth-order valence-corrected chi connectivity index (χ4v) is 4.31. The Hall–Kier alpha value is -2.68. The third-order valence-corrected chi connectivity index (χ3v) is 6.57. The van der Waals surface area contributed by atoms with Crippen LogP contribution < -0.4 is 0 Å². The van der Waals surface area contributed by atoms with E-state index in [1.54, 1.807) is 18.2 Å². The zero-order valence-corrected chi connectivity index (χ0v) is 20.4. The molecule has 4 rings (SSSR count). The molecule has 3 amide bonds. The van der Waals surface area contributed by atoms with Crippen molar-refractivity contribution < 1.29 is 14.0 Å². The Balaban J connectivity index is 1.18. The molecular formula is C25H32ClN5O3. The number of urea groups is 1. The molecule has 1 aromatic carbocycles. The Labute approximate surface area is 205 Å². The Morgan fingerprint density at radius 2 is 1.65 bits per heavy atom. The van der Waals surface area contributed by atoms with Crippen LogP contribution in [0.3, 0.4) is 0 Å². The summed E-state index contributed by atoms with van der Waals surface area (Å²) in [5, 5.41) is 6.04. The Bertz CT molecular complexity index is 998. The van der Waals surface area contributed by atoms with E-state index in [2.05, 4.69) is 21.9 Å². The molecule has 2 aliphatic rings. The number of benzene rings is 1. The van der Waals surface area contributed by atoms with Gasteiger partial charge in [0, 0.05) is 43.3 Å². The van der Waals surface area contributed by atoms with E-state index in [9.17, 15) is 9.59 Å². The average Bonchev–Trinajstić information content (AvgIpc) is 3.41. The van der Waals surface area contributed by atoms with Gasteiger partial charge in [-0.05, 0) is 62.8 Å². The number of hydrogen-bond acceptors (Lipinski definition) is 6. The van der Waals surface area contributed by atoms with E-state index in [1.807, 2.05) is 18.2 Å². The highest BCUT2D eigenvalue weighted by molar-refractivity contribution is 6.30. The molecule has 34 heavy (non-hydrogen) atoms. The van der Waals surface area contributed by atoms with Crippen LogP contribution in [0.2, 0.25) is 5.02 Å². The largest absolute Gasteiger partial charge is 0.455 e. The highest BCUT2D eigenvalue weighted by Gasteiger charge is 2.35. The van der Waals surface area contributed by atoms with Crippen LogP contribution in [0.15, 0.2) is 45.9 Å². The molecule has 0 radical (unpaired) electrons. The minimum atomic E-state index is -0.372. The van der Waals surface area contributed by atoms with Crippen LogP contribution in [-0.2, 0) is 4.79 Å². The molecule has 2 aliphatic heterocycles. The summed E-state index contributed by atoms with van der Waals surface area (Å²) in [5.41, 5.74) is 0.895. The quantitative estimate of drug-likeness (QED) is 0.289. The van der Waals surface area contributed by atoms with Gasteiger partial charge < -0.3 is 14.2 Å². The predicted octanol–water partition coefficient (Wildman–Crippen LogP) is 4.01. The number of amides is 3. The van der Waals surface area contributed by atoms with Crippen molar-refractivity contribution in [3.8, 4) is 11.3 Å². The van der Waals surface area contributed by atoms with Crippen molar-refractivity contribution in [3.05, 3.63) is 47.2 Å². The molecule has 9 heteroatoms. The van der Waals surface area contributed by atoms with Crippen LogP contribution in [0.4, 0.5) is 4.79 Å². The third kappa shape index (κ3) is 6.46. The maximum atomic E-state index is 12.6. The number of halogens is 1. The molecule has 3 heterocycles. The molecule has 8 nitrogen and oxygen atoms in total. The van der Waals surface area contributed by atoms with E-state index in [1.165, 1.54) is 16.1 Å². The lowest BCUT2D eigenvalue weighted by atomic mass is 10.1. The molecule has 2 fully saturated rings. The van der Waals surface area contributed by atoms with Crippen molar-refractivity contribution in [3.63, 3.8) is 0 Å². The number of rotatable bonds is 10. The molecule has 0 atom stereocenters. The van der Waals surface area contributed by atoms with Crippen molar-refractivity contribution in [2.75, 3.05) is 52.9 Å². The van der Waals surface area contributed by atoms with E-state index in [0.717, 1.165) is 64.0 Å². The summed E-state index contributed by atoms with van der Waals surface area (Å²) in [5.74, 6) is 0.973.